The standard InChI is InChI=1S/C12H17N3O3/c1-8-3-2-6-15(12(8)17)7-9-4-5-10(18-9)11(16)14-13/h2-3,6,9-10H,4-5,7,13H2,1H3,(H,14,16). The average Bonchev–Trinajstić information content (AvgIpc) is 2.82. The monoisotopic (exact) mass is 251 g/mol. The van der Waals surface area contributed by atoms with E-state index in [0.29, 0.717) is 18.5 Å². The van der Waals surface area contributed by atoms with Crippen molar-refractivity contribution in [2.75, 3.05) is 0 Å². The van der Waals surface area contributed by atoms with E-state index in [4.69, 9.17) is 10.6 Å². The number of carbonyl (C=O) groups excluding carboxylic acids is 1. The van der Waals surface area contributed by atoms with Gasteiger partial charge in [0.15, 0.2) is 0 Å². The van der Waals surface area contributed by atoms with E-state index in [0.717, 1.165) is 6.42 Å². The van der Waals surface area contributed by atoms with E-state index in [1.807, 2.05) is 6.07 Å². The predicted octanol–water partition coefficient (Wildman–Crippen LogP) is -0.306. The largest absolute Gasteiger partial charge is 0.363 e. The van der Waals surface area contributed by atoms with Gasteiger partial charge < -0.3 is 9.30 Å². The Bertz CT molecular complexity index is 498. The quantitative estimate of drug-likeness (QED) is 0.438. The van der Waals surface area contributed by atoms with Crippen molar-refractivity contribution < 1.29 is 9.53 Å². The van der Waals surface area contributed by atoms with E-state index < -0.39 is 6.10 Å². The summed E-state index contributed by atoms with van der Waals surface area (Å²) in [7, 11) is 0. The van der Waals surface area contributed by atoms with Gasteiger partial charge in [0.1, 0.15) is 6.10 Å². The molecule has 1 amide bonds. The number of aryl methyl sites for hydroxylation is 1. The van der Waals surface area contributed by atoms with Crippen molar-refractivity contribution in [3.63, 3.8) is 0 Å². The van der Waals surface area contributed by atoms with Crippen LogP contribution in [0.3, 0.4) is 0 Å². The Morgan fingerprint density at radius 1 is 1.61 bits per heavy atom. The van der Waals surface area contributed by atoms with Crippen LogP contribution in [0.4, 0.5) is 0 Å². The highest BCUT2D eigenvalue weighted by Gasteiger charge is 2.30. The molecule has 1 fully saturated rings. The number of hydrazine groups is 1. The summed E-state index contributed by atoms with van der Waals surface area (Å²) in [5.74, 6) is 4.75. The minimum atomic E-state index is -0.500. The molecule has 0 spiro atoms. The first-order chi connectivity index (χ1) is 8.61. The Hall–Kier alpha value is -1.66. The van der Waals surface area contributed by atoms with Gasteiger partial charge in [0.25, 0.3) is 11.5 Å². The zero-order valence-electron chi connectivity index (χ0n) is 10.3. The van der Waals surface area contributed by atoms with E-state index in [9.17, 15) is 9.59 Å². The number of ether oxygens (including phenoxy) is 1. The minimum absolute atomic E-state index is 0.0205. The Kier molecular flexibility index (Phi) is 3.78. The number of nitrogens with one attached hydrogen (secondary N) is 1. The number of hydrogen-bond donors (Lipinski definition) is 2. The molecule has 1 aromatic rings. The van der Waals surface area contributed by atoms with Gasteiger partial charge >= 0.3 is 0 Å². The summed E-state index contributed by atoms with van der Waals surface area (Å²) >= 11 is 0. The molecule has 2 atom stereocenters. The van der Waals surface area contributed by atoms with Crippen LogP contribution in [-0.2, 0) is 16.1 Å². The molecule has 0 saturated carbocycles. The Morgan fingerprint density at radius 3 is 3.11 bits per heavy atom. The van der Waals surface area contributed by atoms with Gasteiger partial charge in [-0.1, -0.05) is 6.07 Å². The molecule has 0 aromatic carbocycles. The van der Waals surface area contributed by atoms with Gasteiger partial charge in [0, 0.05) is 11.8 Å². The molecular weight excluding hydrogens is 234 g/mol. The van der Waals surface area contributed by atoms with Crippen molar-refractivity contribution in [1.82, 2.24) is 9.99 Å². The number of rotatable bonds is 3. The van der Waals surface area contributed by atoms with Crippen molar-refractivity contribution in [1.29, 1.82) is 0 Å². The number of aromatic nitrogens is 1. The zero-order valence-corrected chi connectivity index (χ0v) is 10.3. The maximum atomic E-state index is 11.8. The van der Waals surface area contributed by atoms with Crippen LogP contribution in [0.2, 0.25) is 0 Å². The van der Waals surface area contributed by atoms with Crippen LogP contribution in [0.1, 0.15) is 18.4 Å². The van der Waals surface area contributed by atoms with Gasteiger partial charge in [-0.05, 0) is 25.8 Å². The third kappa shape index (κ3) is 2.60. The SMILES string of the molecule is Cc1cccn(CC2CCC(C(=O)NN)O2)c1=O. The molecule has 98 valence electrons. The maximum absolute atomic E-state index is 11.8. The summed E-state index contributed by atoms with van der Waals surface area (Å²) in [6.07, 6.45) is 2.49. The number of amides is 1. The van der Waals surface area contributed by atoms with Gasteiger partial charge in [-0.3, -0.25) is 15.0 Å². The summed E-state index contributed by atoms with van der Waals surface area (Å²) < 4.78 is 7.17. The lowest BCUT2D eigenvalue weighted by Gasteiger charge is -2.14. The molecule has 1 saturated heterocycles. The van der Waals surface area contributed by atoms with Gasteiger partial charge in [-0.25, -0.2) is 5.84 Å². The van der Waals surface area contributed by atoms with E-state index in [-0.39, 0.29) is 17.6 Å². The minimum Gasteiger partial charge on any atom is -0.363 e. The lowest BCUT2D eigenvalue weighted by molar-refractivity contribution is -0.132. The molecule has 0 radical (unpaired) electrons. The predicted molar refractivity (Wildman–Crippen MR) is 65.7 cm³/mol. The van der Waals surface area contributed by atoms with Crippen LogP contribution in [0.25, 0.3) is 0 Å². The van der Waals surface area contributed by atoms with Crippen LogP contribution in [0, 0.1) is 6.92 Å². The van der Waals surface area contributed by atoms with Crippen molar-refractivity contribution in [2.45, 2.75) is 38.5 Å². The van der Waals surface area contributed by atoms with Gasteiger partial charge in [0.05, 0.1) is 12.6 Å². The van der Waals surface area contributed by atoms with Gasteiger partial charge in [-0.15, -0.1) is 0 Å². The number of pyridine rings is 1. The molecule has 1 aromatic heterocycles. The molecule has 0 bridgehead atoms. The van der Waals surface area contributed by atoms with Crippen LogP contribution >= 0.6 is 0 Å². The Balaban J connectivity index is 2.02. The Labute approximate surface area is 105 Å². The van der Waals surface area contributed by atoms with E-state index in [2.05, 4.69) is 5.43 Å². The van der Waals surface area contributed by atoms with Crippen LogP contribution in [-0.4, -0.2) is 22.7 Å². The topological polar surface area (TPSA) is 86.3 Å². The fraction of sp³-hybridized carbons (Fsp3) is 0.500. The number of nitrogens with two attached hydrogens (primary N) is 1. The first kappa shape index (κ1) is 12.8. The summed E-state index contributed by atoms with van der Waals surface area (Å²) in [5.41, 5.74) is 2.76. The highest BCUT2D eigenvalue weighted by atomic mass is 16.5. The third-order valence-electron chi connectivity index (χ3n) is 3.15. The molecule has 6 heteroatoms. The van der Waals surface area contributed by atoms with Crippen molar-refractivity contribution >= 4 is 5.91 Å². The molecular formula is C12H17N3O3. The highest BCUT2D eigenvalue weighted by molar-refractivity contribution is 5.80. The van der Waals surface area contributed by atoms with Crippen molar-refractivity contribution in [3.8, 4) is 0 Å². The first-order valence-electron chi connectivity index (χ1n) is 5.94. The molecule has 0 aliphatic carbocycles. The molecule has 2 unspecified atom stereocenters. The maximum Gasteiger partial charge on any atom is 0.263 e. The fourth-order valence-corrected chi connectivity index (χ4v) is 2.15. The van der Waals surface area contributed by atoms with Crippen LogP contribution < -0.4 is 16.8 Å². The van der Waals surface area contributed by atoms with Crippen LogP contribution in [0.15, 0.2) is 23.1 Å². The summed E-state index contributed by atoms with van der Waals surface area (Å²) in [5, 5.41) is 0. The lowest BCUT2D eigenvalue weighted by Crippen LogP contribution is -2.39. The summed E-state index contributed by atoms with van der Waals surface area (Å²) in [4.78, 5) is 23.1. The molecule has 18 heavy (non-hydrogen) atoms. The van der Waals surface area contributed by atoms with Crippen LogP contribution in [0.5, 0.6) is 0 Å². The number of nitrogens with zero attached hydrogens (tertiary/aromatic N) is 1. The normalized spacial score (nSPS) is 23.0. The molecule has 6 nitrogen and oxygen atoms in total. The Morgan fingerprint density at radius 2 is 2.39 bits per heavy atom. The zero-order chi connectivity index (χ0) is 13.1. The van der Waals surface area contributed by atoms with E-state index >= 15 is 0 Å². The highest BCUT2D eigenvalue weighted by Crippen LogP contribution is 2.20. The summed E-state index contributed by atoms with van der Waals surface area (Å²) in [6, 6.07) is 3.61. The number of carbonyl (C=O) groups is 1. The summed E-state index contributed by atoms with van der Waals surface area (Å²) in [6.45, 7) is 2.24. The second kappa shape index (κ2) is 5.32. The van der Waals surface area contributed by atoms with Crippen molar-refractivity contribution in [3.05, 3.63) is 34.2 Å². The molecule has 1 aliphatic rings. The number of hydrogen-bond acceptors (Lipinski definition) is 4. The first-order valence-corrected chi connectivity index (χ1v) is 5.94. The van der Waals surface area contributed by atoms with E-state index in [1.54, 1.807) is 23.8 Å². The van der Waals surface area contributed by atoms with Gasteiger partial charge in [-0.2, -0.15) is 0 Å². The molecule has 2 heterocycles. The molecule has 2 rings (SSSR count). The van der Waals surface area contributed by atoms with Gasteiger partial charge in [0.2, 0.25) is 0 Å². The second-order valence-corrected chi connectivity index (χ2v) is 4.48. The smallest absolute Gasteiger partial charge is 0.263 e. The average molecular weight is 251 g/mol. The fourth-order valence-electron chi connectivity index (χ4n) is 2.15. The third-order valence-corrected chi connectivity index (χ3v) is 3.15. The second-order valence-electron chi connectivity index (χ2n) is 4.48. The molecule has 1 aliphatic heterocycles. The van der Waals surface area contributed by atoms with E-state index in [1.165, 1.54) is 0 Å². The lowest BCUT2D eigenvalue weighted by atomic mass is 10.2. The van der Waals surface area contributed by atoms with Crippen molar-refractivity contribution in [2.24, 2.45) is 5.84 Å². The molecule has 3 N–H and O–H groups in total.